The predicted molar refractivity (Wildman–Crippen MR) is 82.1 cm³/mol. The van der Waals surface area contributed by atoms with Gasteiger partial charge in [0.2, 0.25) is 0 Å². The second-order valence-electron chi connectivity index (χ2n) is 5.06. The summed E-state index contributed by atoms with van der Waals surface area (Å²) in [5, 5.41) is 12.7. The van der Waals surface area contributed by atoms with Crippen molar-refractivity contribution in [2.75, 3.05) is 26.9 Å². The highest BCUT2D eigenvalue weighted by atomic mass is 79.9. The molecule has 0 saturated carbocycles. The lowest BCUT2D eigenvalue weighted by Crippen LogP contribution is -2.37. The van der Waals surface area contributed by atoms with Crippen LogP contribution in [-0.2, 0) is 4.74 Å². The van der Waals surface area contributed by atoms with Crippen LogP contribution in [0, 0.1) is 0 Å². The van der Waals surface area contributed by atoms with Crippen LogP contribution in [0.25, 0.3) is 0 Å². The number of fused-ring (bicyclic) bond motifs is 1. The smallest absolute Gasteiger partial charge is 0.125 e. The lowest BCUT2D eigenvalue weighted by molar-refractivity contribution is 0.141. The Balaban J connectivity index is 2.14. The zero-order valence-electron chi connectivity index (χ0n) is 11.8. The number of halogens is 1. The van der Waals surface area contributed by atoms with Gasteiger partial charge in [-0.25, -0.2) is 0 Å². The van der Waals surface area contributed by atoms with E-state index in [0.29, 0.717) is 13.0 Å². The van der Waals surface area contributed by atoms with Gasteiger partial charge in [0, 0.05) is 35.8 Å². The van der Waals surface area contributed by atoms with Gasteiger partial charge in [-0.05, 0) is 31.4 Å². The Morgan fingerprint density at radius 2 is 2.40 bits per heavy atom. The molecule has 0 radical (unpaired) electrons. The molecule has 0 saturated heterocycles. The normalized spacial score (nSPS) is 19.9. The van der Waals surface area contributed by atoms with Crippen LogP contribution in [0.5, 0.6) is 5.75 Å². The number of hydrogen-bond donors (Lipinski definition) is 2. The molecule has 2 rings (SSSR count). The third kappa shape index (κ3) is 4.19. The van der Waals surface area contributed by atoms with Crippen LogP contribution in [0.1, 0.15) is 30.9 Å². The van der Waals surface area contributed by atoms with E-state index in [1.807, 2.05) is 12.1 Å². The van der Waals surface area contributed by atoms with Crippen LogP contribution in [0.2, 0.25) is 0 Å². The molecule has 0 bridgehead atoms. The number of benzene rings is 1. The summed E-state index contributed by atoms with van der Waals surface area (Å²) in [6, 6.07) is 6.56. The Morgan fingerprint density at radius 1 is 1.55 bits per heavy atom. The Kier molecular flexibility index (Phi) is 6.29. The van der Waals surface area contributed by atoms with E-state index in [9.17, 15) is 0 Å². The molecule has 0 fully saturated rings. The number of methoxy groups -OCH3 is 1. The summed E-state index contributed by atoms with van der Waals surface area (Å²) in [4.78, 5) is 0. The Bertz CT molecular complexity index is 422. The van der Waals surface area contributed by atoms with Crippen molar-refractivity contribution < 1.29 is 14.6 Å². The molecule has 2 N–H and O–H groups in total. The number of rotatable bonds is 6. The van der Waals surface area contributed by atoms with Crippen molar-refractivity contribution in [3.63, 3.8) is 0 Å². The Morgan fingerprint density at radius 3 is 3.15 bits per heavy atom. The molecule has 2 atom stereocenters. The lowest BCUT2D eigenvalue weighted by Gasteiger charge is -2.25. The summed E-state index contributed by atoms with van der Waals surface area (Å²) in [5.74, 6) is 0.939. The van der Waals surface area contributed by atoms with Gasteiger partial charge in [-0.3, -0.25) is 0 Å². The minimum absolute atomic E-state index is 0.157. The van der Waals surface area contributed by atoms with Crippen LogP contribution in [-0.4, -0.2) is 38.1 Å². The molecule has 0 aliphatic carbocycles. The zero-order valence-corrected chi connectivity index (χ0v) is 13.4. The number of aliphatic hydroxyl groups excluding tert-OH is 1. The molecule has 4 nitrogen and oxygen atoms in total. The molecule has 0 amide bonds. The first-order chi connectivity index (χ1) is 9.74. The van der Waals surface area contributed by atoms with Gasteiger partial charge in [0.1, 0.15) is 5.75 Å². The highest BCUT2D eigenvalue weighted by Crippen LogP contribution is 2.34. The third-order valence-corrected chi connectivity index (χ3v) is 4.02. The molecule has 1 aliphatic rings. The Hall–Kier alpha value is -0.620. The number of aliphatic hydroxyl groups is 1. The first-order valence-corrected chi connectivity index (χ1v) is 7.82. The maximum absolute atomic E-state index is 9.15. The quantitative estimate of drug-likeness (QED) is 0.833. The fourth-order valence-corrected chi connectivity index (χ4v) is 2.92. The van der Waals surface area contributed by atoms with Crippen molar-refractivity contribution in [2.45, 2.75) is 31.3 Å². The van der Waals surface area contributed by atoms with Crippen LogP contribution in [0.4, 0.5) is 0 Å². The predicted octanol–water partition coefficient (Wildman–Crippen LogP) is 2.65. The van der Waals surface area contributed by atoms with Gasteiger partial charge in [-0.1, -0.05) is 22.0 Å². The van der Waals surface area contributed by atoms with Crippen molar-refractivity contribution in [3.05, 3.63) is 28.2 Å². The zero-order chi connectivity index (χ0) is 14.4. The van der Waals surface area contributed by atoms with Gasteiger partial charge < -0.3 is 19.9 Å². The number of hydrogen-bond acceptors (Lipinski definition) is 4. The number of nitrogens with one attached hydrogen (secondary N) is 1. The highest BCUT2D eigenvalue weighted by molar-refractivity contribution is 9.10. The Labute approximate surface area is 128 Å². The summed E-state index contributed by atoms with van der Waals surface area (Å²) in [6.45, 7) is 1.51. The summed E-state index contributed by atoms with van der Waals surface area (Å²) in [5.41, 5.74) is 1.18. The number of ether oxygens (including phenoxy) is 2. The summed E-state index contributed by atoms with van der Waals surface area (Å²) < 4.78 is 12.1. The summed E-state index contributed by atoms with van der Waals surface area (Å²) in [6.07, 6.45) is 2.74. The van der Waals surface area contributed by atoms with Crippen LogP contribution in [0.3, 0.4) is 0 Å². The maximum Gasteiger partial charge on any atom is 0.125 e. The molecule has 2 unspecified atom stereocenters. The van der Waals surface area contributed by atoms with Crippen LogP contribution in [0.15, 0.2) is 22.7 Å². The average Bonchev–Trinajstić information content (AvgIpc) is 2.61. The molecule has 112 valence electrons. The molecule has 1 aromatic rings. The van der Waals surface area contributed by atoms with Gasteiger partial charge >= 0.3 is 0 Å². The van der Waals surface area contributed by atoms with Crippen molar-refractivity contribution in [1.29, 1.82) is 0 Å². The monoisotopic (exact) mass is 343 g/mol. The van der Waals surface area contributed by atoms with Crippen LogP contribution < -0.4 is 10.1 Å². The first-order valence-electron chi connectivity index (χ1n) is 7.02. The van der Waals surface area contributed by atoms with Gasteiger partial charge in [0.15, 0.2) is 0 Å². The van der Waals surface area contributed by atoms with Crippen molar-refractivity contribution >= 4 is 15.9 Å². The largest absolute Gasteiger partial charge is 0.493 e. The molecule has 20 heavy (non-hydrogen) atoms. The fourth-order valence-electron chi connectivity index (χ4n) is 2.58. The van der Waals surface area contributed by atoms with Gasteiger partial charge in [-0.2, -0.15) is 0 Å². The van der Waals surface area contributed by atoms with E-state index in [1.165, 1.54) is 5.56 Å². The molecular weight excluding hydrogens is 322 g/mol. The van der Waals surface area contributed by atoms with Crippen molar-refractivity contribution in [1.82, 2.24) is 5.32 Å². The van der Waals surface area contributed by atoms with Crippen molar-refractivity contribution in [3.8, 4) is 5.75 Å². The molecule has 5 heteroatoms. The summed E-state index contributed by atoms with van der Waals surface area (Å²) >= 11 is 3.48. The minimum atomic E-state index is 0.157. The second-order valence-corrected chi connectivity index (χ2v) is 5.97. The topological polar surface area (TPSA) is 50.7 Å². The van der Waals surface area contributed by atoms with E-state index in [-0.39, 0.29) is 18.7 Å². The molecular formula is C15H22BrNO3. The summed E-state index contributed by atoms with van der Waals surface area (Å²) in [7, 11) is 1.69. The first kappa shape index (κ1) is 15.8. The SMILES string of the molecule is COCC(CCO)NC1CCCOc2cc(Br)ccc21. The lowest BCUT2D eigenvalue weighted by atomic mass is 10.0. The molecule has 1 heterocycles. The van der Waals surface area contributed by atoms with Gasteiger partial charge in [0.05, 0.1) is 13.2 Å². The molecule has 0 spiro atoms. The van der Waals surface area contributed by atoms with E-state index in [1.54, 1.807) is 7.11 Å². The van der Waals surface area contributed by atoms with E-state index in [2.05, 4.69) is 27.3 Å². The third-order valence-electron chi connectivity index (χ3n) is 3.53. The molecule has 1 aromatic carbocycles. The second kappa shape index (κ2) is 7.98. The van der Waals surface area contributed by atoms with E-state index in [4.69, 9.17) is 14.6 Å². The van der Waals surface area contributed by atoms with Crippen molar-refractivity contribution in [2.24, 2.45) is 0 Å². The average molecular weight is 344 g/mol. The van der Waals surface area contributed by atoms with Crippen LogP contribution >= 0.6 is 15.9 Å². The minimum Gasteiger partial charge on any atom is -0.493 e. The highest BCUT2D eigenvalue weighted by Gasteiger charge is 2.22. The maximum atomic E-state index is 9.15. The molecule has 0 aromatic heterocycles. The fraction of sp³-hybridized carbons (Fsp3) is 0.600. The van der Waals surface area contributed by atoms with E-state index in [0.717, 1.165) is 29.7 Å². The van der Waals surface area contributed by atoms with E-state index >= 15 is 0 Å². The standard InChI is InChI=1S/C15H22BrNO3/c1-19-10-12(6-7-18)17-14-3-2-8-20-15-9-11(16)4-5-13(14)15/h4-5,9,12,14,17-18H,2-3,6-8,10H2,1H3. The molecule has 1 aliphatic heterocycles. The van der Waals surface area contributed by atoms with E-state index < -0.39 is 0 Å². The van der Waals surface area contributed by atoms with Gasteiger partial charge in [-0.15, -0.1) is 0 Å². The van der Waals surface area contributed by atoms with Gasteiger partial charge in [0.25, 0.3) is 0 Å².